The lowest BCUT2D eigenvalue weighted by Crippen LogP contribution is -2.26. The van der Waals surface area contributed by atoms with Gasteiger partial charge in [0.25, 0.3) is 0 Å². The molecule has 22 heavy (non-hydrogen) atoms. The Balaban J connectivity index is 2.85. The van der Waals surface area contributed by atoms with E-state index in [0.717, 1.165) is 0 Å². The average molecular weight is 307 g/mol. The maximum Gasteiger partial charge on any atom is 0.397 e. The molecular formula is C15H17NO6. The minimum Gasteiger partial charge on any atom is -0.466 e. The lowest BCUT2D eigenvalue weighted by Gasteiger charge is -2.09. The molecule has 1 N–H and O–H groups in total. The second-order valence-corrected chi connectivity index (χ2v) is 4.13. The predicted octanol–water partition coefficient (Wildman–Crippen LogP) is 1.32. The third-order valence-electron chi connectivity index (χ3n) is 2.55. The third-order valence-corrected chi connectivity index (χ3v) is 2.55. The number of nitrogens with one attached hydrogen (secondary N) is 1. The number of hydrogen-bond acceptors (Lipinski definition) is 6. The van der Waals surface area contributed by atoms with E-state index >= 15 is 0 Å². The highest BCUT2D eigenvalue weighted by Crippen LogP contribution is 2.17. The van der Waals surface area contributed by atoms with Gasteiger partial charge in [0.05, 0.1) is 18.9 Å². The highest BCUT2D eigenvalue weighted by atomic mass is 16.5. The molecule has 0 aliphatic carbocycles. The first-order chi connectivity index (χ1) is 10.5. The van der Waals surface area contributed by atoms with Crippen LogP contribution in [0.2, 0.25) is 0 Å². The van der Waals surface area contributed by atoms with Gasteiger partial charge in [-0.15, -0.1) is 0 Å². The Morgan fingerprint density at radius 2 is 1.64 bits per heavy atom. The summed E-state index contributed by atoms with van der Waals surface area (Å²) >= 11 is 0. The van der Waals surface area contributed by atoms with Crippen LogP contribution in [0.25, 0.3) is 0 Å². The number of benzene rings is 1. The molecule has 0 saturated heterocycles. The van der Waals surface area contributed by atoms with Crippen LogP contribution in [0.5, 0.6) is 0 Å². The van der Waals surface area contributed by atoms with Crippen molar-refractivity contribution in [3.05, 3.63) is 29.8 Å². The van der Waals surface area contributed by atoms with Gasteiger partial charge in [0.2, 0.25) is 0 Å². The van der Waals surface area contributed by atoms with E-state index in [4.69, 9.17) is 4.74 Å². The Kier molecular flexibility index (Phi) is 6.75. The number of Topliss-reactive ketones (excluding diaryl/α,β-unsaturated/α-hetero) is 1. The Hall–Kier alpha value is -2.70. The van der Waals surface area contributed by atoms with Crippen LogP contribution in [-0.2, 0) is 23.9 Å². The molecule has 118 valence electrons. The molecule has 0 saturated carbocycles. The number of ketones is 1. The first kappa shape index (κ1) is 17.4. The molecule has 0 bridgehead atoms. The summed E-state index contributed by atoms with van der Waals surface area (Å²) in [6.45, 7) is 3.45. The van der Waals surface area contributed by atoms with Crippen LogP contribution in [0.1, 0.15) is 30.6 Å². The Bertz CT molecular complexity index is 581. The maximum atomic E-state index is 12.1. The summed E-state index contributed by atoms with van der Waals surface area (Å²) in [5, 5.41) is 2.29. The monoisotopic (exact) mass is 307 g/mol. The summed E-state index contributed by atoms with van der Waals surface area (Å²) in [4.78, 5) is 46.3. The molecule has 0 aromatic heterocycles. The standard InChI is InChI=1S/C15H17NO6/c1-3-21-13(18)9-12(17)10-7-5-6-8-11(10)16-14(19)15(20)22-4-2/h5-8H,3-4,9H2,1-2H3,(H,16,19). The van der Waals surface area contributed by atoms with E-state index in [0.29, 0.717) is 0 Å². The van der Waals surface area contributed by atoms with Crippen molar-refractivity contribution in [3.63, 3.8) is 0 Å². The highest BCUT2D eigenvalue weighted by molar-refractivity contribution is 6.37. The molecule has 1 rings (SSSR count). The number of rotatable bonds is 6. The summed E-state index contributed by atoms with van der Waals surface area (Å²) in [5.74, 6) is -3.20. The van der Waals surface area contributed by atoms with Crippen molar-refractivity contribution < 1.29 is 28.7 Å². The molecule has 0 unspecified atom stereocenters. The lowest BCUT2D eigenvalue weighted by atomic mass is 10.1. The first-order valence-corrected chi connectivity index (χ1v) is 6.75. The molecule has 1 amide bonds. The molecule has 0 atom stereocenters. The zero-order valence-electron chi connectivity index (χ0n) is 12.4. The van der Waals surface area contributed by atoms with E-state index in [1.54, 1.807) is 26.0 Å². The van der Waals surface area contributed by atoms with Crippen molar-refractivity contribution in [2.45, 2.75) is 20.3 Å². The van der Waals surface area contributed by atoms with Gasteiger partial charge < -0.3 is 14.8 Å². The number of hydrogen-bond donors (Lipinski definition) is 1. The summed E-state index contributed by atoms with van der Waals surface area (Å²) < 4.78 is 9.27. The number of para-hydroxylation sites is 1. The van der Waals surface area contributed by atoms with Crippen molar-refractivity contribution in [1.29, 1.82) is 0 Å². The highest BCUT2D eigenvalue weighted by Gasteiger charge is 2.20. The summed E-state index contributed by atoms with van der Waals surface area (Å²) in [6.07, 6.45) is -0.444. The van der Waals surface area contributed by atoms with Gasteiger partial charge in [-0.05, 0) is 26.0 Å². The Morgan fingerprint density at radius 3 is 2.27 bits per heavy atom. The molecule has 0 spiro atoms. The van der Waals surface area contributed by atoms with Crippen LogP contribution in [0, 0.1) is 0 Å². The van der Waals surface area contributed by atoms with Gasteiger partial charge in [-0.1, -0.05) is 12.1 Å². The normalized spacial score (nSPS) is 9.73. The molecule has 0 aliphatic heterocycles. The fourth-order valence-corrected chi connectivity index (χ4v) is 1.64. The fraction of sp³-hybridized carbons (Fsp3) is 0.333. The summed E-state index contributed by atoms with van der Waals surface area (Å²) in [7, 11) is 0. The van der Waals surface area contributed by atoms with Crippen LogP contribution in [0.15, 0.2) is 24.3 Å². The van der Waals surface area contributed by atoms with Gasteiger partial charge >= 0.3 is 17.8 Å². The number of carbonyl (C=O) groups excluding carboxylic acids is 4. The number of carbonyl (C=O) groups is 4. The van der Waals surface area contributed by atoms with Crippen LogP contribution in [0.3, 0.4) is 0 Å². The molecular weight excluding hydrogens is 290 g/mol. The van der Waals surface area contributed by atoms with E-state index in [1.165, 1.54) is 12.1 Å². The quantitative estimate of drug-likeness (QED) is 0.368. The van der Waals surface area contributed by atoms with Gasteiger partial charge in [0.1, 0.15) is 6.42 Å². The molecule has 1 aromatic rings. The smallest absolute Gasteiger partial charge is 0.397 e. The second kappa shape index (κ2) is 8.56. The molecule has 1 aromatic carbocycles. The SMILES string of the molecule is CCOC(=O)CC(=O)c1ccccc1NC(=O)C(=O)OCC. The molecule has 0 heterocycles. The van der Waals surface area contributed by atoms with Gasteiger partial charge in [-0.25, -0.2) is 4.79 Å². The van der Waals surface area contributed by atoms with Crippen molar-refractivity contribution in [1.82, 2.24) is 0 Å². The van der Waals surface area contributed by atoms with E-state index in [-0.39, 0.29) is 24.5 Å². The second-order valence-electron chi connectivity index (χ2n) is 4.13. The number of ether oxygens (including phenoxy) is 2. The predicted molar refractivity (Wildman–Crippen MR) is 77.3 cm³/mol. The maximum absolute atomic E-state index is 12.1. The average Bonchev–Trinajstić information content (AvgIpc) is 2.48. The van der Waals surface area contributed by atoms with Gasteiger partial charge in [0.15, 0.2) is 5.78 Å². The minimum absolute atomic E-state index is 0.0652. The topological polar surface area (TPSA) is 98.8 Å². The van der Waals surface area contributed by atoms with Crippen molar-refractivity contribution in [3.8, 4) is 0 Å². The van der Waals surface area contributed by atoms with Gasteiger partial charge in [-0.2, -0.15) is 0 Å². The molecule has 0 fully saturated rings. The van der Waals surface area contributed by atoms with Gasteiger partial charge in [-0.3, -0.25) is 14.4 Å². The van der Waals surface area contributed by atoms with Crippen LogP contribution < -0.4 is 5.32 Å². The lowest BCUT2D eigenvalue weighted by molar-refractivity contribution is -0.152. The van der Waals surface area contributed by atoms with Crippen molar-refractivity contribution in [2.75, 3.05) is 18.5 Å². The van der Waals surface area contributed by atoms with Crippen LogP contribution >= 0.6 is 0 Å². The molecule has 0 radical (unpaired) electrons. The Labute approximate surface area is 127 Å². The zero-order chi connectivity index (χ0) is 16.5. The largest absolute Gasteiger partial charge is 0.466 e. The molecule has 0 aliphatic rings. The van der Waals surface area contributed by atoms with Crippen molar-refractivity contribution >= 4 is 29.3 Å². The Morgan fingerprint density at radius 1 is 1.00 bits per heavy atom. The van der Waals surface area contributed by atoms with E-state index < -0.39 is 30.0 Å². The van der Waals surface area contributed by atoms with Crippen LogP contribution in [0.4, 0.5) is 5.69 Å². The number of amides is 1. The van der Waals surface area contributed by atoms with E-state index in [1.807, 2.05) is 0 Å². The van der Waals surface area contributed by atoms with Crippen molar-refractivity contribution in [2.24, 2.45) is 0 Å². The minimum atomic E-state index is -1.05. The fourth-order valence-electron chi connectivity index (χ4n) is 1.64. The number of anilines is 1. The molecule has 7 nitrogen and oxygen atoms in total. The van der Waals surface area contributed by atoms with Gasteiger partial charge in [0, 0.05) is 5.56 Å². The van der Waals surface area contributed by atoms with E-state index in [2.05, 4.69) is 10.1 Å². The zero-order valence-corrected chi connectivity index (χ0v) is 12.4. The van der Waals surface area contributed by atoms with E-state index in [9.17, 15) is 19.2 Å². The first-order valence-electron chi connectivity index (χ1n) is 6.75. The summed E-state index contributed by atoms with van der Waals surface area (Å²) in [5.41, 5.74) is 0.253. The number of esters is 2. The third kappa shape index (κ3) is 5.01. The summed E-state index contributed by atoms with van der Waals surface area (Å²) in [6, 6.07) is 6.07. The molecule has 7 heteroatoms. The van der Waals surface area contributed by atoms with Crippen LogP contribution in [-0.4, -0.2) is 36.8 Å².